The first-order chi connectivity index (χ1) is 9.72. The van der Waals surface area contributed by atoms with Crippen molar-refractivity contribution in [3.8, 4) is 0 Å². The average Bonchev–Trinajstić information content (AvgIpc) is 3.15. The minimum Gasteiger partial charge on any atom is -0.339 e. The van der Waals surface area contributed by atoms with E-state index >= 15 is 0 Å². The van der Waals surface area contributed by atoms with Gasteiger partial charge in [0.2, 0.25) is 5.91 Å². The molecule has 3 N–H and O–H groups in total. The molecule has 114 valence electrons. The van der Waals surface area contributed by atoms with E-state index in [0.717, 1.165) is 51.7 Å². The first-order valence-electron chi connectivity index (χ1n) is 8.48. The third-order valence-corrected chi connectivity index (χ3v) is 5.28. The summed E-state index contributed by atoms with van der Waals surface area (Å²) >= 11 is 0. The smallest absolute Gasteiger partial charge is 0.223 e. The molecule has 2 aliphatic carbocycles. The molecule has 20 heavy (non-hydrogen) atoms. The van der Waals surface area contributed by atoms with Gasteiger partial charge in [-0.25, -0.2) is 0 Å². The lowest BCUT2D eigenvalue weighted by Gasteiger charge is -2.30. The van der Waals surface area contributed by atoms with E-state index in [1.165, 1.54) is 19.3 Å². The second-order valence-corrected chi connectivity index (χ2v) is 7.12. The standard InChI is InChI=1S/C16H29N3O/c17-14-3-1-12(2-4-14)9-16(20)19(15-5-6-15)11-13-7-8-18-10-13/h12-15,18H,1-11,17H2. The number of carbonyl (C=O) groups is 1. The Kier molecular flexibility index (Phi) is 4.61. The van der Waals surface area contributed by atoms with Gasteiger partial charge < -0.3 is 16.0 Å². The normalized spacial score (nSPS) is 34.1. The lowest BCUT2D eigenvalue weighted by molar-refractivity contribution is -0.133. The predicted molar refractivity (Wildman–Crippen MR) is 80.3 cm³/mol. The van der Waals surface area contributed by atoms with E-state index in [4.69, 9.17) is 5.73 Å². The maximum absolute atomic E-state index is 12.6. The molecule has 3 aliphatic rings. The number of nitrogens with one attached hydrogen (secondary N) is 1. The lowest BCUT2D eigenvalue weighted by Crippen LogP contribution is -2.39. The topological polar surface area (TPSA) is 58.4 Å². The minimum absolute atomic E-state index is 0.380. The van der Waals surface area contributed by atoms with Crippen LogP contribution in [0.3, 0.4) is 0 Å². The molecule has 4 heteroatoms. The molecule has 0 aromatic heterocycles. The number of amides is 1. The van der Waals surface area contributed by atoms with Gasteiger partial charge in [0.15, 0.2) is 0 Å². The van der Waals surface area contributed by atoms with Gasteiger partial charge in [0, 0.05) is 25.0 Å². The summed E-state index contributed by atoms with van der Waals surface area (Å²) in [6.45, 7) is 3.20. The first kappa shape index (κ1) is 14.3. The molecular formula is C16H29N3O. The van der Waals surface area contributed by atoms with Crippen molar-refractivity contribution in [2.45, 2.75) is 63.5 Å². The van der Waals surface area contributed by atoms with Crippen LogP contribution in [0.25, 0.3) is 0 Å². The molecule has 1 unspecified atom stereocenters. The van der Waals surface area contributed by atoms with Crippen molar-refractivity contribution in [3.05, 3.63) is 0 Å². The Morgan fingerprint density at radius 3 is 2.40 bits per heavy atom. The zero-order chi connectivity index (χ0) is 13.9. The van der Waals surface area contributed by atoms with Crippen molar-refractivity contribution in [2.24, 2.45) is 17.6 Å². The van der Waals surface area contributed by atoms with E-state index in [1.54, 1.807) is 0 Å². The Bertz CT molecular complexity index is 329. The van der Waals surface area contributed by atoms with Gasteiger partial charge in [0.1, 0.15) is 0 Å². The summed E-state index contributed by atoms with van der Waals surface area (Å²) in [7, 11) is 0. The molecule has 1 amide bonds. The summed E-state index contributed by atoms with van der Waals surface area (Å²) < 4.78 is 0. The number of nitrogens with two attached hydrogens (primary N) is 1. The molecule has 1 saturated heterocycles. The summed E-state index contributed by atoms with van der Waals surface area (Å²) in [6.07, 6.45) is 8.95. The molecule has 0 spiro atoms. The maximum atomic E-state index is 12.6. The number of rotatable bonds is 5. The molecule has 0 aromatic carbocycles. The summed E-state index contributed by atoms with van der Waals surface area (Å²) in [6, 6.07) is 0.944. The Balaban J connectivity index is 1.50. The fourth-order valence-electron chi connectivity index (χ4n) is 3.75. The van der Waals surface area contributed by atoms with Gasteiger partial charge in [-0.15, -0.1) is 0 Å². The Hall–Kier alpha value is -0.610. The lowest BCUT2D eigenvalue weighted by atomic mass is 9.84. The van der Waals surface area contributed by atoms with Crippen LogP contribution in [0, 0.1) is 11.8 Å². The van der Waals surface area contributed by atoms with E-state index in [-0.39, 0.29) is 0 Å². The highest BCUT2D eigenvalue weighted by Gasteiger charge is 2.35. The van der Waals surface area contributed by atoms with Gasteiger partial charge in [-0.2, -0.15) is 0 Å². The molecule has 0 bridgehead atoms. The van der Waals surface area contributed by atoms with Crippen molar-refractivity contribution in [2.75, 3.05) is 19.6 Å². The van der Waals surface area contributed by atoms with Crippen LogP contribution in [0.5, 0.6) is 0 Å². The fraction of sp³-hybridized carbons (Fsp3) is 0.938. The van der Waals surface area contributed by atoms with E-state index in [1.807, 2.05) is 0 Å². The predicted octanol–water partition coefficient (Wildman–Crippen LogP) is 1.49. The molecule has 3 fully saturated rings. The van der Waals surface area contributed by atoms with Crippen LogP contribution >= 0.6 is 0 Å². The van der Waals surface area contributed by atoms with E-state index in [2.05, 4.69) is 10.2 Å². The fourth-order valence-corrected chi connectivity index (χ4v) is 3.75. The van der Waals surface area contributed by atoms with Gasteiger partial charge >= 0.3 is 0 Å². The first-order valence-corrected chi connectivity index (χ1v) is 8.48. The van der Waals surface area contributed by atoms with E-state index < -0.39 is 0 Å². The average molecular weight is 279 g/mol. The number of nitrogens with zero attached hydrogens (tertiary/aromatic N) is 1. The molecule has 1 aliphatic heterocycles. The molecule has 1 atom stereocenters. The SMILES string of the molecule is NC1CCC(CC(=O)N(CC2CCNC2)C2CC2)CC1. The monoisotopic (exact) mass is 279 g/mol. The summed E-state index contributed by atoms with van der Waals surface area (Å²) in [5, 5.41) is 3.41. The van der Waals surface area contributed by atoms with Crippen molar-refractivity contribution in [1.29, 1.82) is 0 Å². The third-order valence-electron chi connectivity index (χ3n) is 5.28. The second-order valence-electron chi connectivity index (χ2n) is 7.12. The van der Waals surface area contributed by atoms with Crippen molar-refractivity contribution < 1.29 is 4.79 Å². The summed E-state index contributed by atoms with van der Waals surface area (Å²) in [4.78, 5) is 14.9. The third kappa shape index (κ3) is 3.73. The van der Waals surface area contributed by atoms with Crippen LogP contribution in [0.2, 0.25) is 0 Å². The molecule has 1 heterocycles. The van der Waals surface area contributed by atoms with Crippen LogP contribution in [0.15, 0.2) is 0 Å². The van der Waals surface area contributed by atoms with Crippen molar-refractivity contribution in [3.63, 3.8) is 0 Å². The quantitative estimate of drug-likeness (QED) is 0.802. The van der Waals surface area contributed by atoms with Gasteiger partial charge in [0.05, 0.1) is 0 Å². The maximum Gasteiger partial charge on any atom is 0.223 e. The van der Waals surface area contributed by atoms with Crippen LogP contribution < -0.4 is 11.1 Å². The van der Waals surface area contributed by atoms with Gasteiger partial charge in [-0.05, 0) is 69.9 Å². The van der Waals surface area contributed by atoms with Gasteiger partial charge in [-0.3, -0.25) is 4.79 Å². The highest BCUT2D eigenvalue weighted by molar-refractivity contribution is 5.77. The number of carbonyl (C=O) groups excluding carboxylic acids is 1. The van der Waals surface area contributed by atoms with Gasteiger partial charge in [0.25, 0.3) is 0 Å². The molecule has 0 radical (unpaired) electrons. The Morgan fingerprint density at radius 2 is 1.80 bits per heavy atom. The largest absolute Gasteiger partial charge is 0.339 e. The Labute approximate surface area is 122 Å². The molecule has 2 saturated carbocycles. The molecular weight excluding hydrogens is 250 g/mol. The highest BCUT2D eigenvalue weighted by atomic mass is 16.2. The Morgan fingerprint density at radius 1 is 1.05 bits per heavy atom. The van der Waals surface area contributed by atoms with Crippen LogP contribution in [0.4, 0.5) is 0 Å². The zero-order valence-electron chi connectivity index (χ0n) is 12.5. The second kappa shape index (κ2) is 6.44. The molecule has 4 nitrogen and oxygen atoms in total. The zero-order valence-corrected chi connectivity index (χ0v) is 12.5. The summed E-state index contributed by atoms with van der Waals surface area (Å²) in [5.74, 6) is 1.68. The van der Waals surface area contributed by atoms with Gasteiger partial charge in [-0.1, -0.05) is 0 Å². The van der Waals surface area contributed by atoms with Crippen LogP contribution in [0.1, 0.15) is 51.4 Å². The minimum atomic E-state index is 0.380. The summed E-state index contributed by atoms with van der Waals surface area (Å²) in [5.41, 5.74) is 5.95. The van der Waals surface area contributed by atoms with Crippen molar-refractivity contribution >= 4 is 5.91 Å². The van der Waals surface area contributed by atoms with E-state index in [0.29, 0.717) is 29.8 Å². The molecule has 3 rings (SSSR count). The number of hydrogen-bond acceptors (Lipinski definition) is 3. The highest BCUT2D eigenvalue weighted by Crippen LogP contribution is 2.32. The van der Waals surface area contributed by atoms with Crippen LogP contribution in [-0.2, 0) is 4.79 Å². The van der Waals surface area contributed by atoms with Crippen molar-refractivity contribution in [1.82, 2.24) is 10.2 Å². The van der Waals surface area contributed by atoms with E-state index in [9.17, 15) is 4.79 Å². The molecule has 0 aromatic rings. The number of hydrogen-bond donors (Lipinski definition) is 2. The van der Waals surface area contributed by atoms with Crippen LogP contribution in [-0.4, -0.2) is 42.5 Å².